The van der Waals surface area contributed by atoms with Gasteiger partial charge in [0.15, 0.2) is 0 Å². The largest absolute Gasteiger partial charge is 0.392 e. The second-order valence-electron chi connectivity index (χ2n) is 6.27. The van der Waals surface area contributed by atoms with Gasteiger partial charge in [-0.15, -0.1) is 0 Å². The van der Waals surface area contributed by atoms with Gasteiger partial charge in [0.05, 0.1) is 25.4 Å². The number of rotatable bonds is 4. The maximum Gasteiger partial charge on any atom is 0.239 e. The standard InChI is InChI=1S/C17H25N3O3/c1-19(17(22)15-10-14(21)11-18-15)12-13-4-2-3-5-16(13)20-6-8-23-9-7-20/h2-5,14-15,18,21H,6-12H2,1H3/t14-,15-/m1/s1. The van der Waals surface area contributed by atoms with Crippen LogP contribution in [0.4, 0.5) is 5.69 Å². The number of hydrogen-bond acceptors (Lipinski definition) is 5. The third-order valence-electron chi connectivity index (χ3n) is 4.53. The van der Waals surface area contributed by atoms with Crippen molar-refractivity contribution in [3.05, 3.63) is 29.8 Å². The van der Waals surface area contributed by atoms with Crippen LogP contribution in [0.5, 0.6) is 0 Å². The molecular weight excluding hydrogens is 294 g/mol. The molecule has 0 unspecified atom stereocenters. The van der Waals surface area contributed by atoms with E-state index in [4.69, 9.17) is 4.74 Å². The third-order valence-corrected chi connectivity index (χ3v) is 4.53. The molecule has 2 saturated heterocycles. The molecule has 1 aromatic carbocycles. The molecule has 1 aromatic rings. The van der Waals surface area contributed by atoms with E-state index in [0.29, 0.717) is 19.5 Å². The van der Waals surface area contributed by atoms with Crippen molar-refractivity contribution in [2.24, 2.45) is 0 Å². The summed E-state index contributed by atoms with van der Waals surface area (Å²) in [5.74, 6) is 0.0401. The fourth-order valence-corrected chi connectivity index (χ4v) is 3.26. The Hall–Kier alpha value is -1.63. The Kier molecular flexibility index (Phi) is 5.15. The number of nitrogens with zero attached hydrogens (tertiary/aromatic N) is 2. The molecule has 2 heterocycles. The molecule has 6 nitrogen and oxygen atoms in total. The Balaban J connectivity index is 1.68. The molecule has 2 aliphatic heterocycles. The Morgan fingerprint density at radius 2 is 2.13 bits per heavy atom. The zero-order valence-electron chi connectivity index (χ0n) is 13.6. The zero-order chi connectivity index (χ0) is 16.2. The molecular formula is C17H25N3O3. The molecule has 23 heavy (non-hydrogen) atoms. The first kappa shape index (κ1) is 16.2. The van der Waals surface area contributed by atoms with Crippen LogP contribution in [0.15, 0.2) is 24.3 Å². The molecule has 1 amide bonds. The molecule has 0 aliphatic carbocycles. The van der Waals surface area contributed by atoms with Gasteiger partial charge in [-0.05, 0) is 18.1 Å². The summed E-state index contributed by atoms with van der Waals surface area (Å²) < 4.78 is 5.42. The number of amides is 1. The number of morpholine rings is 1. The highest BCUT2D eigenvalue weighted by molar-refractivity contribution is 5.82. The summed E-state index contributed by atoms with van der Waals surface area (Å²) in [4.78, 5) is 16.6. The number of aliphatic hydroxyl groups excluding tert-OH is 1. The van der Waals surface area contributed by atoms with Gasteiger partial charge in [-0.25, -0.2) is 0 Å². The van der Waals surface area contributed by atoms with Crippen LogP contribution in [0, 0.1) is 0 Å². The maximum absolute atomic E-state index is 12.5. The van der Waals surface area contributed by atoms with Crippen molar-refractivity contribution in [2.45, 2.75) is 25.1 Å². The van der Waals surface area contributed by atoms with Crippen LogP contribution in [0.1, 0.15) is 12.0 Å². The Labute approximate surface area is 137 Å². The van der Waals surface area contributed by atoms with Crippen LogP contribution in [-0.2, 0) is 16.1 Å². The molecule has 0 saturated carbocycles. The summed E-state index contributed by atoms with van der Waals surface area (Å²) in [6, 6.07) is 7.95. The average molecular weight is 319 g/mol. The fraction of sp³-hybridized carbons (Fsp3) is 0.588. The minimum absolute atomic E-state index is 0.0401. The lowest BCUT2D eigenvalue weighted by Gasteiger charge is -2.31. The maximum atomic E-state index is 12.5. The SMILES string of the molecule is CN(Cc1ccccc1N1CCOCC1)C(=O)[C@H]1C[C@@H](O)CN1. The number of carbonyl (C=O) groups is 1. The van der Waals surface area contributed by atoms with Crippen molar-refractivity contribution in [1.29, 1.82) is 0 Å². The molecule has 0 spiro atoms. The number of nitrogens with one attached hydrogen (secondary N) is 1. The van der Waals surface area contributed by atoms with Crippen molar-refractivity contribution >= 4 is 11.6 Å². The van der Waals surface area contributed by atoms with E-state index < -0.39 is 6.10 Å². The van der Waals surface area contributed by atoms with Gasteiger partial charge in [0, 0.05) is 38.9 Å². The summed E-state index contributed by atoms with van der Waals surface area (Å²) in [6.07, 6.45) is 0.0758. The van der Waals surface area contributed by atoms with Gasteiger partial charge in [-0.3, -0.25) is 4.79 Å². The van der Waals surface area contributed by atoms with E-state index in [-0.39, 0.29) is 11.9 Å². The van der Waals surface area contributed by atoms with Gasteiger partial charge in [0.1, 0.15) is 0 Å². The Bertz CT molecular complexity index is 546. The second-order valence-corrected chi connectivity index (χ2v) is 6.27. The molecule has 2 N–H and O–H groups in total. The Morgan fingerprint density at radius 1 is 1.39 bits per heavy atom. The van der Waals surface area contributed by atoms with Crippen LogP contribution in [0.3, 0.4) is 0 Å². The monoisotopic (exact) mass is 319 g/mol. The van der Waals surface area contributed by atoms with Gasteiger partial charge in [-0.1, -0.05) is 18.2 Å². The van der Waals surface area contributed by atoms with Gasteiger partial charge < -0.3 is 25.0 Å². The summed E-state index contributed by atoms with van der Waals surface area (Å²) in [6.45, 7) is 4.31. The van der Waals surface area contributed by atoms with E-state index in [1.54, 1.807) is 4.90 Å². The molecule has 0 radical (unpaired) electrons. The van der Waals surface area contributed by atoms with Crippen molar-refractivity contribution in [2.75, 3.05) is 44.8 Å². The highest BCUT2D eigenvalue weighted by Crippen LogP contribution is 2.23. The fourth-order valence-electron chi connectivity index (χ4n) is 3.26. The van der Waals surface area contributed by atoms with Crippen molar-refractivity contribution < 1.29 is 14.6 Å². The highest BCUT2D eigenvalue weighted by Gasteiger charge is 2.30. The van der Waals surface area contributed by atoms with Gasteiger partial charge in [-0.2, -0.15) is 0 Å². The lowest BCUT2D eigenvalue weighted by molar-refractivity contribution is -0.132. The van der Waals surface area contributed by atoms with Crippen LogP contribution >= 0.6 is 0 Å². The highest BCUT2D eigenvalue weighted by atomic mass is 16.5. The first-order chi connectivity index (χ1) is 11.1. The number of aliphatic hydroxyl groups is 1. The van der Waals surface area contributed by atoms with Gasteiger partial charge in [0.2, 0.25) is 5.91 Å². The number of hydrogen-bond donors (Lipinski definition) is 2. The number of β-amino-alcohol motifs (C(OH)–C–C–N with tert-alkyl or cyclic N) is 1. The van der Waals surface area contributed by atoms with Crippen LogP contribution in [0.2, 0.25) is 0 Å². The van der Waals surface area contributed by atoms with Gasteiger partial charge in [0.25, 0.3) is 0 Å². The second kappa shape index (κ2) is 7.29. The number of likely N-dealkylation sites (N-methyl/N-ethyl adjacent to an activating group) is 1. The van der Waals surface area contributed by atoms with E-state index in [2.05, 4.69) is 22.3 Å². The molecule has 0 aromatic heterocycles. The summed E-state index contributed by atoms with van der Waals surface area (Å²) in [5.41, 5.74) is 2.32. The summed E-state index contributed by atoms with van der Waals surface area (Å²) in [5, 5.41) is 12.7. The molecule has 2 fully saturated rings. The van der Waals surface area contributed by atoms with Gasteiger partial charge >= 0.3 is 0 Å². The van der Waals surface area contributed by atoms with Crippen LogP contribution in [0.25, 0.3) is 0 Å². The van der Waals surface area contributed by atoms with Crippen molar-refractivity contribution in [3.8, 4) is 0 Å². The molecule has 2 aliphatic rings. The van der Waals surface area contributed by atoms with Crippen LogP contribution in [-0.4, -0.2) is 68.0 Å². The summed E-state index contributed by atoms with van der Waals surface area (Å²) in [7, 11) is 1.82. The topological polar surface area (TPSA) is 65.0 Å². The Morgan fingerprint density at radius 3 is 2.83 bits per heavy atom. The lowest BCUT2D eigenvalue weighted by Crippen LogP contribution is -2.42. The number of para-hydroxylation sites is 1. The number of anilines is 1. The van der Waals surface area contributed by atoms with E-state index >= 15 is 0 Å². The minimum Gasteiger partial charge on any atom is -0.392 e. The molecule has 3 rings (SSSR count). The smallest absolute Gasteiger partial charge is 0.239 e. The third kappa shape index (κ3) is 3.83. The number of carbonyl (C=O) groups excluding carboxylic acids is 1. The minimum atomic E-state index is -0.419. The van der Waals surface area contributed by atoms with E-state index in [0.717, 1.165) is 31.9 Å². The molecule has 2 atom stereocenters. The first-order valence-corrected chi connectivity index (χ1v) is 8.22. The zero-order valence-corrected chi connectivity index (χ0v) is 13.6. The number of benzene rings is 1. The van der Waals surface area contributed by atoms with Crippen LogP contribution < -0.4 is 10.2 Å². The predicted octanol–water partition coefficient (Wildman–Crippen LogP) is 0.204. The van der Waals surface area contributed by atoms with E-state index in [9.17, 15) is 9.90 Å². The summed E-state index contributed by atoms with van der Waals surface area (Å²) >= 11 is 0. The van der Waals surface area contributed by atoms with E-state index in [1.807, 2.05) is 19.2 Å². The average Bonchev–Trinajstić information content (AvgIpc) is 3.02. The predicted molar refractivity (Wildman–Crippen MR) is 88.4 cm³/mol. The first-order valence-electron chi connectivity index (χ1n) is 8.22. The quantitative estimate of drug-likeness (QED) is 0.830. The van der Waals surface area contributed by atoms with Crippen molar-refractivity contribution in [3.63, 3.8) is 0 Å². The lowest BCUT2D eigenvalue weighted by atomic mass is 10.1. The molecule has 6 heteroatoms. The van der Waals surface area contributed by atoms with E-state index in [1.165, 1.54) is 5.69 Å². The number of ether oxygens (including phenoxy) is 1. The molecule has 0 bridgehead atoms. The molecule has 126 valence electrons. The normalized spacial score (nSPS) is 24.7. The van der Waals surface area contributed by atoms with Crippen molar-refractivity contribution in [1.82, 2.24) is 10.2 Å².